The first kappa shape index (κ1) is 11.4. The van der Waals surface area contributed by atoms with Crippen molar-refractivity contribution in [3.05, 3.63) is 0 Å². The maximum absolute atomic E-state index is 11.9. The molecule has 90 valence electrons. The largest absolute Gasteiger partial charge is 0.467 e. The monoisotopic (exact) mass is 227 g/mol. The molecular weight excluding hydrogens is 210 g/mol. The van der Waals surface area contributed by atoms with Crippen LogP contribution < -0.4 is 0 Å². The van der Waals surface area contributed by atoms with Gasteiger partial charge in [-0.25, -0.2) is 4.79 Å². The number of carbonyl (C=O) groups excluding carboxylic acids is 2. The molecular formula is C11H17NO4. The zero-order valence-electron chi connectivity index (χ0n) is 9.39. The number of hydrogen-bond donors (Lipinski definition) is 1. The molecule has 1 aliphatic carbocycles. The Morgan fingerprint density at radius 3 is 2.69 bits per heavy atom. The fourth-order valence-electron chi connectivity index (χ4n) is 2.14. The van der Waals surface area contributed by atoms with Crippen LogP contribution in [0.2, 0.25) is 0 Å². The molecule has 0 bridgehead atoms. The smallest absolute Gasteiger partial charge is 0.328 e. The van der Waals surface area contributed by atoms with E-state index in [2.05, 4.69) is 4.74 Å². The molecule has 0 aromatic rings. The number of aliphatic hydroxyl groups excluding tert-OH is 1. The standard InChI is InChI=1S/C11H17NO4/c1-16-11(15)9-5-8(13)6-12(9)10(14)4-7-2-3-7/h7-9,13H,2-6H2,1H3. The Labute approximate surface area is 94.4 Å². The first-order valence-electron chi connectivity index (χ1n) is 5.67. The summed E-state index contributed by atoms with van der Waals surface area (Å²) in [6.07, 6.45) is 2.39. The molecule has 0 spiro atoms. The van der Waals surface area contributed by atoms with Gasteiger partial charge in [0, 0.05) is 19.4 Å². The minimum absolute atomic E-state index is 0.0329. The van der Waals surface area contributed by atoms with Crippen LogP contribution in [0.5, 0.6) is 0 Å². The zero-order chi connectivity index (χ0) is 11.7. The average Bonchev–Trinajstić information content (AvgIpc) is 2.97. The minimum atomic E-state index is -0.604. The van der Waals surface area contributed by atoms with Crippen LogP contribution in [0.4, 0.5) is 0 Å². The lowest BCUT2D eigenvalue weighted by atomic mass is 10.2. The van der Waals surface area contributed by atoms with Gasteiger partial charge in [0.2, 0.25) is 5.91 Å². The van der Waals surface area contributed by atoms with Crippen molar-refractivity contribution in [2.24, 2.45) is 5.92 Å². The third-order valence-electron chi connectivity index (χ3n) is 3.23. The van der Waals surface area contributed by atoms with Crippen molar-refractivity contribution in [3.63, 3.8) is 0 Å². The normalized spacial score (nSPS) is 29.2. The molecule has 2 fully saturated rings. The Hall–Kier alpha value is -1.10. The summed E-state index contributed by atoms with van der Waals surface area (Å²) in [7, 11) is 1.30. The quantitative estimate of drug-likeness (QED) is 0.685. The van der Waals surface area contributed by atoms with E-state index >= 15 is 0 Å². The number of hydrogen-bond acceptors (Lipinski definition) is 4. The molecule has 16 heavy (non-hydrogen) atoms. The van der Waals surface area contributed by atoms with Crippen molar-refractivity contribution in [1.29, 1.82) is 0 Å². The molecule has 2 unspecified atom stereocenters. The van der Waals surface area contributed by atoms with Gasteiger partial charge in [-0.05, 0) is 18.8 Å². The van der Waals surface area contributed by atoms with Gasteiger partial charge in [-0.15, -0.1) is 0 Å². The van der Waals surface area contributed by atoms with Gasteiger partial charge in [0.1, 0.15) is 6.04 Å². The maximum Gasteiger partial charge on any atom is 0.328 e. The maximum atomic E-state index is 11.9. The highest BCUT2D eigenvalue weighted by Gasteiger charge is 2.40. The third-order valence-corrected chi connectivity index (χ3v) is 3.23. The lowest BCUT2D eigenvalue weighted by Gasteiger charge is -2.22. The van der Waals surface area contributed by atoms with E-state index < -0.39 is 18.1 Å². The van der Waals surface area contributed by atoms with E-state index in [4.69, 9.17) is 0 Å². The number of β-amino-alcohol motifs (C(OH)–C–C–N with tert-alkyl or cyclic N) is 1. The van der Waals surface area contributed by atoms with Crippen LogP contribution >= 0.6 is 0 Å². The molecule has 0 aromatic heterocycles. The Morgan fingerprint density at radius 2 is 2.12 bits per heavy atom. The topological polar surface area (TPSA) is 66.8 Å². The second kappa shape index (κ2) is 4.41. The highest BCUT2D eigenvalue weighted by molar-refractivity contribution is 5.85. The number of esters is 1. The van der Waals surface area contributed by atoms with Crippen molar-refractivity contribution in [2.45, 2.75) is 37.8 Å². The van der Waals surface area contributed by atoms with Gasteiger partial charge in [-0.2, -0.15) is 0 Å². The molecule has 2 atom stereocenters. The molecule has 5 nitrogen and oxygen atoms in total. The Kier molecular flexibility index (Phi) is 3.14. The van der Waals surface area contributed by atoms with E-state index in [0.29, 0.717) is 18.8 Å². The molecule has 1 amide bonds. The highest BCUT2D eigenvalue weighted by atomic mass is 16.5. The van der Waals surface area contributed by atoms with Gasteiger partial charge in [0.05, 0.1) is 13.2 Å². The summed E-state index contributed by atoms with van der Waals surface area (Å²) < 4.78 is 4.64. The summed E-state index contributed by atoms with van der Waals surface area (Å²) in [5, 5.41) is 9.51. The van der Waals surface area contributed by atoms with Crippen LogP contribution in [0.3, 0.4) is 0 Å². The predicted molar refractivity (Wildman–Crippen MR) is 55.5 cm³/mol. The van der Waals surface area contributed by atoms with Gasteiger partial charge in [-0.1, -0.05) is 0 Å². The molecule has 2 rings (SSSR count). The van der Waals surface area contributed by atoms with Crippen molar-refractivity contribution in [3.8, 4) is 0 Å². The second-order valence-corrected chi connectivity index (χ2v) is 4.62. The molecule has 1 aliphatic heterocycles. The molecule has 1 heterocycles. The van der Waals surface area contributed by atoms with Crippen LogP contribution in [-0.4, -0.2) is 47.7 Å². The first-order valence-corrected chi connectivity index (χ1v) is 5.67. The van der Waals surface area contributed by atoms with Crippen LogP contribution in [0.25, 0.3) is 0 Å². The highest BCUT2D eigenvalue weighted by Crippen LogP contribution is 2.34. The fourth-order valence-corrected chi connectivity index (χ4v) is 2.14. The SMILES string of the molecule is COC(=O)C1CC(O)CN1C(=O)CC1CC1. The molecule has 2 aliphatic rings. The predicted octanol–water partition coefficient (Wildman–Crippen LogP) is -0.0787. The molecule has 1 saturated heterocycles. The Balaban J connectivity index is 1.99. The van der Waals surface area contributed by atoms with E-state index in [0.717, 1.165) is 12.8 Å². The third kappa shape index (κ3) is 2.35. The lowest BCUT2D eigenvalue weighted by molar-refractivity contribution is -0.151. The van der Waals surface area contributed by atoms with Gasteiger partial charge in [0.15, 0.2) is 0 Å². The number of carbonyl (C=O) groups is 2. The second-order valence-electron chi connectivity index (χ2n) is 4.62. The number of nitrogens with zero attached hydrogens (tertiary/aromatic N) is 1. The molecule has 1 N–H and O–H groups in total. The van der Waals surface area contributed by atoms with E-state index in [9.17, 15) is 14.7 Å². The van der Waals surface area contributed by atoms with Crippen molar-refractivity contribution in [2.75, 3.05) is 13.7 Å². The zero-order valence-corrected chi connectivity index (χ0v) is 9.39. The summed E-state index contributed by atoms with van der Waals surface area (Å²) in [5.41, 5.74) is 0. The minimum Gasteiger partial charge on any atom is -0.467 e. The van der Waals surface area contributed by atoms with Crippen LogP contribution in [0.15, 0.2) is 0 Å². The van der Waals surface area contributed by atoms with Crippen LogP contribution in [0, 0.1) is 5.92 Å². The number of likely N-dealkylation sites (tertiary alicyclic amines) is 1. The van der Waals surface area contributed by atoms with Crippen molar-refractivity contribution < 1.29 is 19.4 Å². The molecule has 0 aromatic carbocycles. The van der Waals surface area contributed by atoms with Gasteiger partial charge in [-0.3, -0.25) is 4.79 Å². The fraction of sp³-hybridized carbons (Fsp3) is 0.818. The van der Waals surface area contributed by atoms with Gasteiger partial charge in [0.25, 0.3) is 0 Å². The van der Waals surface area contributed by atoms with Gasteiger partial charge >= 0.3 is 5.97 Å². The summed E-state index contributed by atoms with van der Waals surface area (Å²) in [5.74, 6) is 0.0266. The van der Waals surface area contributed by atoms with Crippen molar-refractivity contribution in [1.82, 2.24) is 4.90 Å². The van der Waals surface area contributed by atoms with E-state index in [1.165, 1.54) is 12.0 Å². The summed E-state index contributed by atoms with van der Waals surface area (Å²) in [6, 6.07) is -0.591. The molecule has 5 heteroatoms. The number of methoxy groups -OCH3 is 1. The lowest BCUT2D eigenvalue weighted by Crippen LogP contribution is -2.41. The first-order chi connectivity index (χ1) is 7.61. The Morgan fingerprint density at radius 1 is 1.44 bits per heavy atom. The number of rotatable bonds is 3. The van der Waals surface area contributed by atoms with E-state index in [1.807, 2.05) is 0 Å². The molecule has 1 saturated carbocycles. The van der Waals surface area contributed by atoms with E-state index in [-0.39, 0.29) is 12.5 Å². The number of ether oxygens (including phenoxy) is 1. The summed E-state index contributed by atoms with van der Waals surface area (Å²) >= 11 is 0. The van der Waals surface area contributed by atoms with Crippen LogP contribution in [0.1, 0.15) is 25.7 Å². The Bertz CT molecular complexity index is 300. The van der Waals surface area contributed by atoms with Crippen LogP contribution in [-0.2, 0) is 14.3 Å². The number of amides is 1. The van der Waals surface area contributed by atoms with Gasteiger partial charge < -0.3 is 14.7 Å². The summed E-state index contributed by atoms with van der Waals surface area (Å²) in [4.78, 5) is 24.8. The number of aliphatic hydroxyl groups is 1. The average molecular weight is 227 g/mol. The summed E-state index contributed by atoms with van der Waals surface area (Å²) in [6.45, 7) is 0.255. The van der Waals surface area contributed by atoms with Crippen molar-refractivity contribution >= 4 is 11.9 Å². The molecule has 0 radical (unpaired) electrons. The van der Waals surface area contributed by atoms with E-state index in [1.54, 1.807) is 0 Å².